The maximum Gasteiger partial charge on any atom is 0.303 e. The van der Waals surface area contributed by atoms with E-state index in [1.165, 1.54) is 0 Å². The van der Waals surface area contributed by atoms with Crippen molar-refractivity contribution in [3.05, 3.63) is 83.0 Å². The summed E-state index contributed by atoms with van der Waals surface area (Å²) in [6.45, 7) is 3.28. The first kappa shape index (κ1) is 20.9. The van der Waals surface area contributed by atoms with Crippen LogP contribution >= 0.6 is 11.6 Å². The fourth-order valence-electron chi connectivity index (χ4n) is 3.58. The summed E-state index contributed by atoms with van der Waals surface area (Å²) in [6.07, 6.45) is 2.42. The van der Waals surface area contributed by atoms with Gasteiger partial charge in [0.25, 0.3) is 0 Å². The predicted octanol–water partition coefficient (Wildman–Crippen LogP) is 5.97. The molecule has 0 aliphatic carbocycles. The highest BCUT2D eigenvalue weighted by Crippen LogP contribution is 2.34. The Hall–Kier alpha value is -3.31. The molecule has 0 atom stereocenters. The van der Waals surface area contributed by atoms with Crippen molar-refractivity contribution in [2.45, 2.75) is 32.9 Å². The number of hydrogen-bond acceptors (Lipinski definition) is 3. The molecule has 6 heteroatoms. The van der Waals surface area contributed by atoms with Crippen molar-refractivity contribution in [3.63, 3.8) is 0 Å². The molecule has 0 amide bonds. The van der Waals surface area contributed by atoms with Gasteiger partial charge in [-0.15, -0.1) is 0 Å². The van der Waals surface area contributed by atoms with Crippen LogP contribution in [0.1, 0.15) is 24.5 Å². The number of hydrogen-bond donors (Lipinski definition) is 1. The van der Waals surface area contributed by atoms with Crippen molar-refractivity contribution < 1.29 is 14.6 Å². The summed E-state index contributed by atoms with van der Waals surface area (Å²) in [5, 5.41) is 15.2. The summed E-state index contributed by atoms with van der Waals surface area (Å²) < 4.78 is 8.11. The third kappa shape index (κ3) is 4.89. The summed E-state index contributed by atoms with van der Waals surface area (Å²) in [6, 6.07) is 19.6. The van der Waals surface area contributed by atoms with Crippen LogP contribution in [0.25, 0.3) is 22.0 Å². The van der Waals surface area contributed by atoms with Crippen LogP contribution in [0, 0.1) is 0 Å². The lowest BCUT2D eigenvalue weighted by molar-refractivity contribution is -0.136. The van der Waals surface area contributed by atoms with Gasteiger partial charge in [-0.05, 0) is 66.4 Å². The normalized spacial score (nSPS) is 11.0. The Morgan fingerprint density at radius 1 is 1.06 bits per heavy atom. The zero-order valence-corrected chi connectivity index (χ0v) is 18.0. The van der Waals surface area contributed by atoms with Gasteiger partial charge in [-0.3, -0.25) is 9.48 Å². The molecule has 0 unspecified atom stereocenters. The highest BCUT2D eigenvalue weighted by Gasteiger charge is 2.12. The van der Waals surface area contributed by atoms with Crippen LogP contribution in [0.4, 0.5) is 0 Å². The zero-order chi connectivity index (χ0) is 21.8. The average molecular weight is 435 g/mol. The van der Waals surface area contributed by atoms with Gasteiger partial charge in [0.2, 0.25) is 0 Å². The number of nitrogens with zero attached hydrogens (tertiary/aromatic N) is 2. The number of benzene rings is 3. The van der Waals surface area contributed by atoms with Crippen molar-refractivity contribution in [2.75, 3.05) is 0 Å². The van der Waals surface area contributed by atoms with E-state index in [2.05, 4.69) is 30.2 Å². The highest BCUT2D eigenvalue weighted by atomic mass is 35.5. The van der Waals surface area contributed by atoms with Crippen molar-refractivity contribution in [1.29, 1.82) is 0 Å². The van der Waals surface area contributed by atoms with E-state index in [1.807, 2.05) is 53.3 Å². The highest BCUT2D eigenvalue weighted by molar-refractivity contribution is 6.30. The minimum absolute atomic E-state index is 0.0900. The van der Waals surface area contributed by atoms with Crippen LogP contribution in [0.5, 0.6) is 5.75 Å². The van der Waals surface area contributed by atoms with E-state index in [0.29, 0.717) is 18.1 Å². The van der Waals surface area contributed by atoms with Gasteiger partial charge >= 0.3 is 5.97 Å². The number of aryl methyl sites for hydroxylation is 2. The number of aliphatic carboxylic acids is 1. The SMILES string of the molecule is CCn1ncc2cc(-c3cc(CCC(=O)O)ccc3OCc3ccc(Cl)cc3)ccc21. The summed E-state index contributed by atoms with van der Waals surface area (Å²) >= 11 is 5.97. The van der Waals surface area contributed by atoms with E-state index >= 15 is 0 Å². The number of aromatic nitrogens is 2. The van der Waals surface area contributed by atoms with Crippen molar-refractivity contribution in [1.82, 2.24) is 9.78 Å². The number of rotatable bonds is 8. The molecule has 5 nitrogen and oxygen atoms in total. The molecule has 4 aromatic rings. The quantitative estimate of drug-likeness (QED) is 0.371. The van der Waals surface area contributed by atoms with Gasteiger partial charge in [-0.25, -0.2) is 0 Å². The molecule has 158 valence electrons. The molecule has 1 heterocycles. The first-order valence-electron chi connectivity index (χ1n) is 10.2. The summed E-state index contributed by atoms with van der Waals surface area (Å²) in [5.41, 5.74) is 5.00. The van der Waals surface area contributed by atoms with Gasteiger partial charge in [-0.2, -0.15) is 5.10 Å². The van der Waals surface area contributed by atoms with Gasteiger partial charge in [0, 0.05) is 28.9 Å². The number of halogens is 1. The minimum Gasteiger partial charge on any atom is -0.488 e. The minimum atomic E-state index is -0.807. The third-order valence-corrected chi connectivity index (χ3v) is 5.48. The maximum atomic E-state index is 11.0. The van der Waals surface area contributed by atoms with E-state index in [-0.39, 0.29) is 6.42 Å². The van der Waals surface area contributed by atoms with Crippen LogP contribution in [0.15, 0.2) is 66.9 Å². The van der Waals surface area contributed by atoms with Gasteiger partial charge in [-0.1, -0.05) is 35.9 Å². The standard InChI is InChI=1S/C25H23ClN2O3/c1-2-28-23-10-7-19(14-20(23)15-27-28)22-13-17(6-12-25(29)30)5-11-24(22)31-16-18-3-8-21(26)9-4-18/h3-5,7-11,13-15H,2,6,12,16H2,1H3,(H,29,30). The zero-order valence-electron chi connectivity index (χ0n) is 17.2. The Bertz CT molecular complexity index is 1220. The maximum absolute atomic E-state index is 11.0. The second-order valence-electron chi connectivity index (χ2n) is 7.37. The molecule has 0 bridgehead atoms. The largest absolute Gasteiger partial charge is 0.488 e. The molecule has 4 rings (SSSR count). The fraction of sp³-hybridized carbons (Fsp3) is 0.200. The van der Waals surface area contributed by atoms with Crippen LogP contribution in [0.2, 0.25) is 5.02 Å². The Labute approximate surface area is 185 Å². The lowest BCUT2D eigenvalue weighted by atomic mass is 9.99. The Kier molecular flexibility index (Phi) is 6.23. The Balaban J connectivity index is 1.68. The van der Waals surface area contributed by atoms with Crippen molar-refractivity contribution in [2.24, 2.45) is 0 Å². The Morgan fingerprint density at radius 3 is 2.58 bits per heavy atom. The molecule has 31 heavy (non-hydrogen) atoms. The van der Waals surface area contributed by atoms with E-state index in [0.717, 1.165) is 45.5 Å². The van der Waals surface area contributed by atoms with Crippen LogP contribution in [-0.4, -0.2) is 20.9 Å². The fourth-order valence-corrected chi connectivity index (χ4v) is 3.71. The molecule has 1 aromatic heterocycles. The van der Waals surface area contributed by atoms with Gasteiger partial charge in [0.15, 0.2) is 0 Å². The van der Waals surface area contributed by atoms with E-state index < -0.39 is 5.97 Å². The predicted molar refractivity (Wildman–Crippen MR) is 123 cm³/mol. The van der Waals surface area contributed by atoms with E-state index in [4.69, 9.17) is 21.4 Å². The molecule has 0 aliphatic heterocycles. The van der Waals surface area contributed by atoms with Crippen molar-refractivity contribution in [3.8, 4) is 16.9 Å². The molecule has 0 saturated heterocycles. The topological polar surface area (TPSA) is 64.4 Å². The first-order chi connectivity index (χ1) is 15.0. The molecule has 0 spiro atoms. The number of fused-ring (bicyclic) bond motifs is 1. The average Bonchev–Trinajstić information content (AvgIpc) is 3.20. The molecular formula is C25H23ClN2O3. The Morgan fingerprint density at radius 2 is 1.84 bits per heavy atom. The molecule has 0 aliphatic rings. The number of carbonyl (C=O) groups is 1. The lowest BCUT2D eigenvalue weighted by Gasteiger charge is -2.14. The number of carboxylic acids is 1. The number of ether oxygens (including phenoxy) is 1. The summed E-state index contributed by atoms with van der Waals surface area (Å²) in [5.74, 6) is -0.0609. The first-order valence-corrected chi connectivity index (χ1v) is 10.6. The number of carboxylic acid groups (broad SMARTS) is 1. The van der Waals surface area contributed by atoms with Crippen LogP contribution < -0.4 is 4.74 Å². The third-order valence-electron chi connectivity index (χ3n) is 5.23. The summed E-state index contributed by atoms with van der Waals surface area (Å²) in [4.78, 5) is 11.0. The molecule has 0 fully saturated rings. The molecular weight excluding hydrogens is 412 g/mol. The lowest BCUT2D eigenvalue weighted by Crippen LogP contribution is -2.00. The van der Waals surface area contributed by atoms with Gasteiger partial charge < -0.3 is 9.84 Å². The smallest absolute Gasteiger partial charge is 0.303 e. The second-order valence-corrected chi connectivity index (χ2v) is 7.81. The van der Waals surface area contributed by atoms with Crippen LogP contribution in [-0.2, 0) is 24.4 Å². The second kappa shape index (κ2) is 9.23. The van der Waals surface area contributed by atoms with Crippen molar-refractivity contribution >= 4 is 28.5 Å². The summed E-state index contributed by atoms with van der Waals surface area (Å²) in [7, 11) is 0. The molecule has 1 N–H and O–H groups in total. The van der Waals surface area contributed by atoms with Crippen LogP contribution in [0.3, 0.4) is 0 Å². The van der Waals surface area contributed by atoms with Gasteiger partial charge in [0.1, 0.15) is 12.4 Å². The molecule has 0 radical (unpaired) electrons. The van der Waals surface area contributed by atoms with E-state index in [1.54, 1.807) is 0 Å². The monoisotopic (exact) mass is 434 g/mol. The van der Waals surface area contributed by atoms with E-state index in [9.17, 15) is 4.79 Å². The molecule has 3 aromatic carbocycles. The molecule has 0 saturated carbocycles. The van der Waals surface area contributed by atoms with Gasteiger partial charge in [0.05, 0.1) is 11.7 Å².